The molecule has 1 heteroatoms. The van der Waals surface area contributed by atoms with Gasteiger partial charge in [0.05, 0.1) is 0 Å². The van der Waals surface area contributed by atoms with Crippen molar-refractivity contribution in [2.75, 3.05) is 13.0 Å². The molecule has 0 amide bonds. The molecule has 1 rings (SSSR count). The minimum absolute atomic E-state index is 1.03. The standard InChI is InChI=1S/C7H15N/c1-6-3-7(2)5-8-4-6/h6-8H,3-5H2,1-2H3/i3D2,4D2,5D2,6D,7D. The van der Waals surface area contributed by atoms with E-state index in [9.17, 15) is 0 Å². The fourth-order valence-corrected chi connectivity index (χ4v) is 0.562. The van der Waals surface area contributed by atoms with Gasteiger partial charge in [0.25, 0.3) is 0 Å². The van der Waals surface area contributed by atoms with Crippen molar-refractivity contribution in [1.29, 1.82) is 0 Å². The van der Waals surface area contributed by atoms with Crippen molar-refractivity contribution < 1.29 is 11.0 Å². The van der Waals surface area contributed by atoms with Gasteiger partial charge in [-0.3, -0.25) is 0 Å². The second kappa shape index (κ2) is 2.49. The van der Waals surface area contributed by atoms with Gasteiger partial charge in [0.1, 0.15) is 0 Å². The lowest BCUT2D eigenvalue weighted by Gasteiger charge is -2.24. The minimum Gasteiger partial charge on any atom is -0.316 e. The van der Waals surface area contributed by atoms with Gasteiger partial charge in [0.2, 0.25) is 0 Å². The van der Waals surface area contributed by atoms with Gasteiger partial charge >= 0.3 is 0 Å². The van der Waals surface area contributed by atoms with Crippen molar-refractivity contribution in [1.82, 2.24) is 5.32 Å². The van der Waals surface area contributed by atoms with E-state index in [1.165, 1.54) is 0 Å². The maximum absolute atomic E-state index is 7.76. The van der Waals surface area contributed by atoms with Gasteiger partial charge in [-0.2, -0.15) is 0 Å². The van der Waals surface area contributed by atoms with E-state index in [0.29, 0.717) is 0 Å². The summed E-state index contributed by atoms with van der Waals surface area (Å²) in [6, 6.07) is 0. The van der Waals surface area contributed by atoms with Crippen molar-refractivity contribution >= 4 is 0 Å². The Hall–Kier alpha value is -0.0400. The van der Waals surface area contributed by atoms with Gasteiger partial charge in [-0.25, -0.2) is 0 Å². The predicted molar refractivity (Wildman–Crippen MR) is 35.8 cm³/mol. The van der Waals surface area contributed by atoms with Gasteiger partial charge in [-0.1, -0.05) is 13.8 Å². The highest BCUT2D eigenvalue weighted by molar-refractivity contribution is 4.69. The summed E-state index contributed by atoms with van der Waals surface area (Å²) in [5.41, 5.74) is 0. The normalized spacial score (nSPS) is 91.8. The Morgan fingerprint density at radius 2 is 2.00 bits per heavy atom. The molecule has 1 saturated heterocycles. The summed E-state index contributed by atoms with van der Waals surface area (Å²) in [5, 5.41) is 1.92. The molecule has 0 aromatic carbocycles. The third kappa shape index (κ3) is 1.48. The maximum atomic E-state index is 7.76. The Morgan fingerprint density at radius 3 is 2.50 bits per heavy atom. The fourth-order valence-electron chi connectivity index (χ4n) is 0.562. The second-order valence-electron chi connectivity index (χ2n) is 1.75. The molecule has 2 atom stereocenters. The van der Waals surface area contributed by atoms with E-state index in [1.807, 2.05) is 5.32 Å². The molecule has 1 fully saturated rings. The van der Waals surface area contributed by atoms with E-state index < -0.39 is 31.2 Å². The summed E-state index contributed by atoms with van der Waals surface area (Å²) < 4.78 is 61.0. The predicted octanol–water partition coefficient (Wildman–Crippen LogP) is 1.25. The molecule has 0 aliphatic carbocycles. The molecular formula is C7H15N. The van der Waals surface area contributed by atoms with Crippen molar-refractivity contribution in [2.45, 2.75) is 20.2 Å². The van der Waals surface area contributed by atoms with Gasteiger partial charge in [-0.15, -0.1) is 0 Å². The van der Waals surface area contributed by atoms with Crippen molar-refractivity contribution in [3.8, 4) is 0 Å². The largest absolute Gasteiger partial charge is 0.316 e. The molecule has 0 aromatic rings. The van der Waals surface area contributed by atoms with Crippen LogP contribution in [0.4, 0.5) is 0 Å². The Balaban J connectivity index is 3.43. The first-order chi connectivity index (χ1) is 6.71. The van der Waals surface area contributed by atoms with Crippen LogP contribution in [0.3, 0.4) is 0 Å². The van der Waals surface area contributed by atoms with Crippen molar-refractivity contribution in [2.24, 2.45) is 11.8 Å². The Morgan fingerprint density at radius 1 is 1.50 bits per heavy atom. The van der Waals surface area contributed by atoms with Crippen LogP contribution in [0.1, 0.15) is 31.2 Å². The topological polar surface area (TPSA) is 12.0 Å². The van der Waals surface area contributed by atoms with Crippen molar-refractivity contribution in [3.63, 3.8) is 0 Å². The molecule has 1 N–H and O–H groups in total. The van der Waals surface area contributed by atoms with Gasteiger partial charge in [-0.05, 0) is 31.2 Å². The van der Waals surface area contributed by atoms with Gasteiger partial charge in [0, 0.05) is 11.0 Å². The molecule has 0 spiro atoms. The maximum Gasteiger partial charge on any atom is 0.0431 e. The first kappa shape index (κ1) is 1.51. The lowest BCUT2D eigenvalue weighted by atomic mass is 9.94. The molecule has 1 heterocycles. The minimum atomic E-state index is -2.64. The molecule has 2 unspecified atom stereocenters. The number of piperidine rings is 1. The SMILES string of the molecule is [2H]C1([2H])NC([2H])([2H])C([2H])(C)C([2H])([2H])C1([2H])C. The monoisotopic (exact) mass is 121 g/mol. The first-order valence-corrected chi connectivity index (χ1v) is 2.50. The highest BCUT2D eigenvalue weighted by atomic mass is 14.9. The lowest BCUT2D eigenvalue weighted by molar-refractivity contribution is 0.321. The molecule has 1 aliphatic rings. The van der Waals surface area contributed by atoms with Crippen LogP contribution in [0.2, 0.25) is 0 Å². The van der Waals surface area contributed by atoms with Crippen molar-refractivity contribution in [3.05, 3.63) is 0 Å². The van der Waals surface area contributed by atoms with E-state index in [-0.39, 0.29) is 0 Å². The zero-order valence-electron chi connectivity index (χ0n) is 13.0. The highest BCUT2D eigenvalue weighted by Crippen LogP contribution is 2.13. The summed E-state index contributed by atoms with van der Waals surface area (Å²) >= 11 is 0. The van der Waals surface area contributed by atoms with E-state index >= 15 is 0 Å². The number of rotatable bonds is 0. The van der Waals surface area contributed by atoms with Gasteiger partial charge in [0.15, 0.2) is 0 Å². The van der Waals surface area contributed by atoms with Crippen LogP contribution in [0, 0.1) is 11.8 Å². The summed E-state index contributed by atoms with van der Waals surface area (Å²) in [5.74, 6) is -4.52. The van der Waals surface area contributed by atoms with Crippen LogP contribution >= 0.6 is 0 Å². The first-order valence-electron chi connectivity index (χ1n) is 6.50. The molecule has 0 bridgehead atoms. The van der Waals surface area contributed by atoms with Crippen LogP contribution in [0.25, 0.3) is 0 Å². The van der Waals surface area contributed by atoms with E-state index in [4.69, 9.17) is 11.0 Å². The quantitative estimate of drug-likeness (QED) is 0.508. The summed E-state index contributed by atoms with van der Waals surface area (Å²) in [4.78, 5) is 0. The van der Waals surface area contributed by atoms with Crippen LogP contribution in [-0.4, -0.2) is 13.0 Å². The zero-order valence-corrected chi connectivity index (χ0v) is 5.00. The number of hydrogen-bond donors (Lipinski definition) is 1. The Labute approximate surface area is 62.7 Å². The molecule has 8 heavy (non-hydrogen) atoms. The summed E-state index contributed by atoms with van der Waals surface area (Å²) in [7, 11) is 0. The molecule has 1 aliphatic heterocycles. The van der Waals surface area contributed by atoms with Crippen LogP contribution < -0.4 is 5.32 Å². The molecule has 48 valence electrons. The molecular weight excluding hydrogens is 98.1 g/mol. The average Bonchev–Trinajstić information content (AvgIpc) is 1.98. The van der Waals surface area contributed by atoms with Crippen LogP contribution in [0.5, 0.6) is 0 Å². The highest BCUT2D eigenvalue weighted by Gasteiger charge is 2.12. The van der Waals surface area contributed by atoms with E-state index in [0.717, 1.165) is 13.8 Å². The smallest absolute Gasteiger partial charge is 0.0431 e. The Kier molecular flexibility index (Phi) is 0.472. The molecule has 0 aromatic heterocycles. The summed E-state index contributed by atoms with van der Waals surface area (Å²) in [6.07, 6.45) is -2.64. The second-order valence-corrected chi connectivity index (χ2v) is 1.75. The Bertz CT molecular complexity index is 280. The number of nitrogens with one attached hydrogen (secondary N) is 1. The molecule has 1 nitrogen and oxygen atoms in total. The summed E-state index contributed by atoms with van der Waals surface area (Å²) in [6.45, 7) is -3.05. The number of hydrogen-bond acceptors (Lipinski definition) is 1. The van der Waals surface area contributed by atoms with E-state index in [1.54, 1.807) is 0 Å². The lowest BCUT2D eigenvalue weighted by Crippen LogP contribution is -2.33. The van der Waals surface area contributed by atoms with E-state index in [2.05, 4.69) is 0 Å². The zero-order chi connectivity index (χ0) is 13.2. The molecule has 0 radical (unpaired) electrons. The third-order valence-corrected chi connectivity index (χ3v) is 0.875. The average molecular weight is 121 g/mol. The molecule has 0 saturated carbocycles. The third-order valence-electron chi connectivity index (χ3n) is 0.875. The van der Waals surface area contributed by atoms with Crippen LogP contribution in [-0.2, 0) is 0 Å². The fraction of sp³-hybridized carbons (Fsp3) is 1.00. The van der Waals surface area contributed by atoms with Gasteiger partial charge < -0.3 is 5.32 Å². The van der Waals surface area contributed by atoms with Crippen LogP contribution in [0.15, 0.2) is 0 Å².